The fourth-order valence-electron chi connectivity index (χ4n) is 2.45. The van der Waals surface area contributed by atoms with E-state index in [0.717, 1.165) is 18.7 Å². The van der Waals surface area contributed by atoms with Gasteiger partial charge in [-0.15, -0.1) is 0 Å². The molecule has 0 aliphatic carbocycles. The Bertz CT molecular complexity index is 429. The first-order valence-corrected chi connectivity index (χ1v) is 7.81. The van der Waals surface area contributed by atoms with Crippen molar-refractivity contribution in [3.05, 3.63) is 29.8 Å². The van der Waals surface area contributed by atoms with E-state index in [0.29, 0.717) is 18.0 Å². The lowest BCUT2D eigenvalue weighted by Gasteiger charge is -2.27. The van der Waals surface area contributed by atoms with E-state index in [9.17, 15) is 4.79 Å². The van der Waals surface area contributed by atoms with Gasteiger partial charge in [0.25, 0.3) is 5.91 Å². The first-order chi connectivity index (χ1) is 10.0. The highest BCUT2D eigenvalue weighted by Crippen LogP contribution is 2.17. The Morgan fingerprint density at radius 3 is 2.29 bits per heavy atom. The lowest BCUT2D eigenvalue weighted by Crippen LogP contribution is -2.35. The molecule has 118 valence electrons. The topological polar surface area (TPSA) is 52.6 Å². The molecule has 0 aliphatic rings. The molecule has 0 heterocycles. The van der Waals surface area contributed by atoms with E-state index in [4.69, 9.17) is 5.11 Å². The van der Waals surface area contributed by atoms with Crippen LogP contribution in [0.2, 0.25) is 0 Å². The average molecular weight is 292 g/mol. The Morgan fingerprint density at radius 1 is 1.24 bits per heavy atom. The fourth-order valence-corrected chi connectivity index (χ4v) is 2.45. The third-order valence-corrected chi connectivity index (χ3v) is 3.73. The second-order valence-electron chi connectivity index (χ2n) is 5.52. The Hall–Kier alpha value is -1.55. The van der Waals surface area contributed by atoms with Gasteiger partial charge in [0.2, 0.25) is 0 Å². The highest BCUT2D eigenvalue weighted by atomic mass is 16.3. The second kappa shape index (κ2) is 8.67. The molecule has 0 bridgehead atoms. The molecule has 1 amide bonds. The number of aliphatic hydroxyl groups is 1. The SMILES string of the molecule is CCC(CCO)NC(=O)c1ccc(N(CC)C(C)C)cc1. The molecule has 0 radical (unpaired) electrons. The van der Waals surface area contributed by atoms with Crippen molar-refractivity contribution in [2.45, 2.75) is 52.6 Å². The summed E-state index contributed by atoms with van der Waals surface area (Å²) in [6, 6.07) is 8.17. The molecule has 0 spiro atoms. The maximum atomic E-state index is 12.2. The Balaban J connectivity index is 2.75. The van der Waals surface area contributed by atoms with Crippen molar-refractivity contribution in [1.82, 2.24) is 5.32 Å². The molecule has 4 nitrogen and oxygen atoms in total. The van der Waals surface area contributed by atoms with Crippen LogP contribution in [0.3, 0.4) is 0 Å². The van der Waals surface area contributed by atoms with Gasteiger partial charge in [-0.2, -0.15) is 0 Å². The van der Waals surface area contributed by atoms with Crippen LogP contribution in [0, 0.1) is 0 Å². The van der Waals surface area contributed by atoms with Gasteiger partial charge in [0.15, 0.2) is 0 Å². The molecule has 1 atom stereocenters. The molecule has 4 heteroatoms. The molecular formula is C17H28N2O2. The van der Waals surface area contributed by atoms with E-state index in [-0.39, 0.29) is 18.6 Å². The number of carbonyl (C=O) groups is 1. The zero-order valence-corrected chi connectivity index (χ0v) is 13.6. The summed E-state index contributed by atoms with van der Waals surface area (Å²) in [6.07, 6.45) is 1.42. The summed E-state index contributed by atoms with van der Waals surface area (Å²) in [6.45, 7) is 9.48. The van der Waals surface area contributed by atoms with E-state index >= 15 is 0 Å². The standard InChI is InChI=1S/C17H28N2O2/c1-5-15(11-12-20)18-17(21)14-7-9-16(10-8-14)19(6-2)13(3)4/h7-10,13,15,20H,5-6,11-12H2,1-4H3,(H,18,21). The minimum Gasteiger partial charge on any atom is -0.396 e. The van der Waals surface area contributed by atoms with Crippen LogP contribution in [0.4, 0.5) is 5.69 Å². The third kappa shape index (κ3) is 5.05. The average Bonchev–Trinajstić information content (AvgIpc) is 2.47. The molecule has 0 aromatic heterocycles. The highest BCUT2D eigenvalue weighted by Gasteiger charge is 2.13. The largest absolute Gasteiger partial charge is 0.396 e. The van der Waals surface area contributed by atoms with Gasteiger partial charge in [-0.25, -0.2) is 0 Å². The van der Waals surface area contributed by atoms with Crippen molar-refractivity contribution in [2.24, 2.45) is 0 Å². The van der Waals surface area contributed by atoms with Crippen LogP contribution >= 0.6 is 0 Å². The van der Waals surface area contributed by atoms with Gasteiger partial charge >= 0.3 is 0 Å². The van der Waals surface area contributed by atoms with E-state index in [1.54, 1.807) is 0 Å². The molecule has 0 aliphatic heterocycles. The number of rotatable bonds is 8. The monoisotopic (exact) mass is 292 g/mol. The zero-order chi connectivity index (χ0) is 15.8. The summed E-state index contributed by atoms with van der Waals surface area (Å²) in [5.41, 5.74) is 1.79. The van der Waals surface area contributed by atoms with Gasteiger partial charge in [-0.3, -0.25) is 4.79 Å². The minimum absolute atomic E-state index is 0.0324. The maximum absolute atomic E-state index is 12.2. The van der Waals surface area contributed by atoms with Crippen LogP contribution in [-0.4, -0.2) is 36.2 Å². The number of nitrogens with one attached hydrogen (secondary N) is 1. The number of nitrogens with zero attached hydrogens (tertiary/aromatic N) is 1. The van der Waals surface area contributed by atoms with E-state index in [2.05, 4.69) is 31.0 Å². The minimum atomic E-state index is -0.0746. The normalized spacial score (nSPS) is 12.3. The third-order valence-electron chi connectivity index (χ3n) is 3.73. The van der Waals surface area contributed by atoms with Crippen LogP contribution in [-0.2, 0) is 0 Å². The van der Waals surface area contributed by atoms with E-state index in [1.807, 2.05) is 31.2 Å². The summed E-state index contributed by atoms with van der Waals surface area (Å²) in [5, 5.41) is 11.9. The van der Waals surface area contributed by atoms with Gasteiger partial charge in [-0.05, 0) is 57.9 Å². The number of amides is 1. The number of hydrogen-bond donors (Lipinski definition) is 2. The molecule has 1 rings (SSSR count). The second-order valence-corrected chi connectivity index (χ2v) is 5.52. The fraction of sp³-hybridized carbons (Fsp3) is 0.588. The van der Waals surface area contributed by atoms with Gasteiger partial charge in [-0.1, -0.05) is 6.92 Å². The van der Waals surface area contributed by atoms with E-state index in [1.165, 1.54) is 0 Å². The van der Waals surface area contributed by atoms with Crippen LogP contribution in [0.25, 0.3) is 0 Å². The number of anilines is 1. The predicted molar refractivity (Wildman–Crippen MR) is 87.8 cm³/mol. The van der Waals surface area contributed by atoms with Gasteiger partial charge in [0, 0.05) is 36.5 Å². The van der Waals surface area contributed by atoms with Crippen molar-refractivity contribution in [1.29, 1.82) is 0 Å². The van der Waals surface area contributed by atoms with Crippen molar-refractivity contribution < 1.29 is 9.90 Å². The molecule has 0 fully saturated rings. The quantitative estimate of drug-likeness (QED) is 0.774. The lowest BCUT2D eigenvalue weighted by molar-refractivity contribution is 0.0929. The molecule has 21 heavy (non-hydrogen) atoms. The summed E-state index contributed by atoms with van der Waals surface area (Å²) in [7, 11) is 0. The molecule has 1 aromatic carbocycles. The van der Waals surface area contributed by atoms with Crippen molar-refractivity contribution in [2.75, 3.05) is 18.1 Å². The molecule has 2 N–H and O–H groups in total. The molecule has 1 unspecified atom stereocenters. The van der Waals surface area contributed by atoms with Crippen LogP contribution in [0.15, 0.2) is 24.3 Å². The van der Waals surface area contributed by atoms with Gasteiger partial charge in [0.05, 0.1) is 0 Å². The van der Waals surface area contributed by atoms with Crippen molar-refractivity contribution in [3.8, 4) is 0 Å². The lowest BCUT2D eigenvalue weighted by atomic mass is 10.1. The first kappa shape index (κ1) is 17.5. The number of hydrogen-bond acceptors (Lipinski definition) is 3. The molecule has 0 saturated heterocycles. The Kier molecular flexibility index (Phi) is 7.23. The predicted octanol–water partition coefficient (Wildman–Crippen LogP) is 2.81. The number of aliphatic hydroxyl groups excluding tert-OH is 1. The first-order valence-electron chi connectivity index (χ1n) is 7.81. The summed E-state index contributed by atoms with van der Waals surface area (Å²) in [5.74, 6) is -0.0746. The Labute approximate surface area is 128 Å². The summed E-state index contributed by atoms with van der Waals surface area (Å²) >= 11 is 0. The number of benzene rings is 1. The van der Waals surface area contributed by atoms with Crippen LogP contribution in [0.5, 0.6) is 0 Å². The zero-order valence-electron chi connectivity index (χ0n) is 13.6. The van der Waals surface area contributed by atoms with Crippen LogP contribution < -0.4 is 10.2 Å². The van der Waals surface area contributed by atoms with Crippen molar-refractivity contribution in [3.63, 3.8) is 0 Å². The van der Waals surface area contributed by atoms with E-state index < -0.39 is 0 Å². The molecule has 0 saturated carbocycles. The Morgan fingerprint density at radius 2 is 1.86 bits per heavy atom. The summed E-state index contributed by atoms with van der Waals surface area (Å²) in [4.78, 5) is 14.4. The molecule has 1 aromatic rings. The smallest absolute Gasteiger partial charge is 0.251 e. The molecular weight excluding hydrogens is 264 g/mol. The van der Waals surface area contributed by atoms with Crippen molar-refractivity contribution >= 4 is 11.6 Å². The van der Waals surface area contributed by atoms with Crippen LogP contribution in [0.1, 0.15) is 50.9 Å². The van der Waals surface area contributed by atoms with Gasteiger partial charge < -0.3 is 15.3 Å². The highest BCUT2D eigenvalue weighted by molar-refractivity contribution is 5.94. The number of carbonyl (C=O) groups excluding carboxylic acids is 1. The maximum Gasteiger partial charge on any atom is 0.251 e. The summed E-state index contributed by atoms with van der Waals surface area (Å²) < 4.78 is 0. The van der Waals surface area contributed by atoms with Gasteiger partial charge in [0.1, 0.15) is 0 Å².